The van der Waals surface area contributed by atoms with Gasteiger partial charge in [-0.05, 0) is 42.5 Å². The maximum absolute atomic E-state index is 12.8. The maximum Gasteiger partial charge on any atom is 1.00 e. The molecule has 0 radical (unpaired) electrons. The first-order valence-corrected chi connectivity index (χ1v) is 5.30. The van der Waals surface area contributed by atoms with Crippen LogP contribution in [0.5, 0.6) is 17.2 Å². The number of hydrogen-bond acceptors (Lipinski definition) is 4. The van der Waals surface area contributed by atoms with Crippen molar-refractivity contribution in [2.75, 3.05) is 5.73 Å². The van der Waals surface area contributed by atoms with Gasteiger partial charge in [-0.3, -0.25) is 0 Å². The summed E-state index contributed by atoms with van der Waals surface area (Å²) in [5.41, 5.74) is 4.41. The molecule has 2 aromatic carbocycles. The molecule has 2 aromatic rings. The van der Waals surface area contributed by atoms with Crippen molar-refractivity contribution in [1.82, 2.24) is 0 Å². The first-order valence-electron chi connectivity index (χ1n) is 5.30. The summed E-state index contributed by atoms with van der Waals surface area (Å²) in [7, 11) is 0. The van der Waals surface area contributed by atoms with E-state index >= 15 is 0 Å². The summed E-state index contributed by atoms with van der Waals surface area (Å²) in [6.07, 6.45) is -4.55. The monoisotopic (exact) mass is 309 g/mol. The molecule has 0 unspecified atom stereocenters. The van der Waals surface area contributed by atoms with Crippen LogP contribution in [0.25, 0.3) is 0 Å². The summed E-state index contributed by atoms with van der Waals surface area (Å²) in [5, 5.41) is 9.09. The molecule has 108 valence electrons. The fourth-order valence-corrected chi connectivity index (χ4v) is 1.50. The average Bonchev–Trinajstić information content (AvgIpc) is 2.33. The van der Waals surface area contributed by atoms with E-state index in [1.165, 1.54) is 30.3 Å². The third-order valence-corrected chi connectivity index (χ3v) is 2.37. The fraction of sp³-hybridized carbons (Fsp3) is 0.0769. The number of phenolic OH excluding ortho intramolecular Hbond substituents is 1. The molecule has 0 atom stereocenters. The second kappa shape index (κ2) is 7.56. The number of phenols is 1. The Morgan fingerprint density at radius 3 is 2.10 bits per heavy atom. The molecule has 21 heavy (non-hydrogen) atoms. The van der Waals surface area contributed by atoms with Crippen LogP contribution in [-0.4, -0.2) is 10.6 Å². The predicted molar refractivity (Wildman–Crippen MR) is 66.0 cm³/mol. The molecule has 8 heteroatoms. The minimum Gasteiger partial charge on any atom is -0.870 e. The third-order valence-electron chi connectivity index (χ3n) is 2.37. The van der Waals surface area contributed by atoms with E-state index in [0.717, 1.165) is 12.1 Å². The Kier molecular flexibility index (Phi) is 7.05. The van der Waals surface area contributed by atoms with Gasteiger partial charge >= 0.3 is 35.7 Å². The number of halogens is 3. The number of rotatable bonds is 2. The first kappa shape index (κ1) is 19.6. The minimum absolute atomic E-state index is 0. The van der Waals surface area contributed by atoms with Crippen LogP contribution in [0.4, 0.5) is 18.9 Å². The molecule has 0 saturated heterocycles. The van der Waals surface area contributed by atoms with Gasteiger partial charge in [-0.25, -0.2) is 0 Å². The van der Waals surface area contributed by atoms with Gasteiger partial charge in [0, 0.05) is 5.69 Å². The molecule has 0 bridgehead atoms. The van der Waals surface area contributed by atoms with E-state index in [0.29, 0.717) is 0 Å². The summed E-state index contributed by atoms with van der Waals surface area (Å²) in [6.45, 7) is 0. The van der Waals surface area contributed by atoms with Gasteiger partial charge in [0.05, 0.1) is 0 Å². The zero-order valence-corrected chi connectivity index (χ0v) is 13.1. The molecule has 0 aliphatic heterocycles. The predicted octanol–water partition coefficient (Wildman–Crippen LogP) is 0.613. The summed E-state index contributed by atoms with van der Waals surface area (Å²) >= 11 is 0. The number of aromatic hydroxyl groups is 1. The topological polar surface area (TPSA) is 85.5 Å². The molecule has 0 aliphatic rings. The van der Waals surface area contributed by atoms with Crippen LogP contribution in [0.3, 0.4) is 0 Å². The van der Waals surface area contributed by atoms with Gasteiger partial charge in [0.15, 0.2) is 0 Å². The van der Waals surface area contributed by atoms with Crippen molar-refractivity contribution in [3.63, 3.8) is 0 Å². The number of alkyl halides is 3. The van der Waals surface area contributed by atoms with E-state index < -0.39 is 11.7 Å². The van der Waals surface area contributed by atoms with Crippen LogP contribution in [0, 0.1) is 0 Å². The Morgan fingerprint density at radius 2 is 1.57 bits per heavy atom. The molecular weight excluding hydrogens is 298 g/mol. The van der Waals surface area contributed by atoms with Crippen molar-refractivity contribution in [1.29, 1.82) is 0 Å². The molecule has 0 spiro atoms. The van der Waals surface area contributed by atoms with Crippen LogP contribution in [0.1, 0.15) is 5.56 Å². The molecule has 2 rings (SSSR count). The Bertz CT molecular complexity index is 588. The second-order valence-electron chi connectivity index (χ2n) is 3.85. The van der Waals surface area contributed by atoms with Crippen molar-refractivity contribution in [2.45, 2.75) is 6.18 Å². The minimum atomic E-state index is -4.55. The van der Waals surface area contributed by atoms with Crippen molar-refractivity contribution in [3.8, 4) is 17.2 Å². The van der Waals surface area contributed by atoms with Gasteiger partial charge < -0.3 is 21.1 Å². The van der Waals surface area contributed by atoms with Gasteiger partial charge in [-0.2, -0.15) is 13.2 Å². The SMILES string of the molecule is Nc1ccc(Oc2ccc(O)cc2)c(C(F)(F)F)c1.[Na+].[OH-]. The average molecular weight is 309 g/mol. The zero-order valence-electron chi connectivity index (χ0n) is 11.1. The van der Waals surface area contributed by atoms with E-state index in [-0.39, 0.29) is 58.0 Å². The Balaban J connectivity index is 0.00000200. The molecule has 0 heterocycles. The van der Waals surface area contributed by atoms with Crippen LogP contribution in [0.2, 0.25) is 0 Å². The fourth-order valence-electron chi connectivity index (χ4n) is 1.50. The molecular formula is C13H11F3NNaO3. The van der Waals surface area contributed by atoms with E-state index in [2.05, 4.69) is 0 Å². The Hall–Kier alpha value is -1.41. The summed E-state index contributed by atoms with van der Waals surface area (Å²) in [4.78, 5) is 0. The van der Waals surface area contributed by atoms with Gasteiger partial charge in [0.1, 0.15) is 22.8 Å². The van der Waals surface area contributed by atoms with Crippen LogP contribution < -0.4 is 40.0 Å². The Labute approximate surface area is 140 Å². The van der Waals surface area contributed by atoms with Crippen LogP contribution in [-0.2, 0) is 6.18 Å². The van der Waals surface area contributed by atoms with Gasteiger partial charge in [0.2, 0.25) is 0 Å². The smallest absolute Gasteiger partial charge is 0.870 e. The molecule has 0 amide bonds. The van der Waals surface area contributed by atoms with Crippen LogP contribution in [0.15, 0.2) is 42.5 Å². The van der Waals surface area contributed by atoms with E-state index in [4.69, 9.17) is 15.6 Å². The first-order chi connectivity index (χ1) is 8.86. The number of nitrogens with two attached hydrogens (primary N) is 1. The molecule has 0 saturated carbocycles. The molecule has 4 nitrogen and oxygen atoms in total. The third kappa shape index (κ3) is 5.13. The van der Waals surface area contributed by atoms with Crippen LogP contribution >= 0.6 is 0 Å². The largest absolute Gasteiger partial charge is 1.00 e. The zero-order chi connectivity index (χ0) is 14.0. The van der Waals surface area contributed by atoms with Gasteiger partial charge in [-0.15, -0.1) is 0 Å². The van der Waals surface area contributed by atoms with Crippen molar-refractivity contribution >= 4 is 5.69 Å². The van der Waals surface area contributed by atoms with Gasteiger partial charge in [0.25, 0.3) is 0 Å². The normalized spacial score (nSPS) is 10.2. The number of hydrogen-bond donors (Lipinski definition) is 2. The molecule has 0 aliphatic carbocycles. The van der Waals surface area contributed by atoms with Crippen molar-refractivity contribution < 1.29 is 58.0 Å². The quantitative estimate of drug-likeness (QED) is 0.629. The maximum atomic E-state index is 12.8. The van der Waals surface area contributed by atoms with E-state index in [1.54, 1.807) is 0 Å². The molecule has 0 aromatic heterocycles. The molecule has 0 fully saturated rings. The second-order valence-corrected chi connectivity index (χ2v) is 3.85. The summed E-state index contributed by atoms with van der Waals surface area (Å²) < 4.78 is 43.6. The van der Waals surface area contributed by atoms with Gasteiger partial charge in [-0.1, -0.05) is 0 Å². The van der Waals surface area contributed by atoms with Crippen molar-refractivity contribution in [3.05, 3.63) is 48.0 Å². The van der Waals surface area contributed by atoms with Crippen molar-refractivity contribution in [2.24, 2.45) is 0 Å². The summed E-state index contributed by atoms with van der Waals surface area (Å²) in [5.74, 6) is -0.152. The van der Waals surface area contributed by atoms with E-state index in [9.17, 15) is 13.2 Å². The standard InChI is InChI=1S/C13H10F3NO2.Na.H2O/c14-13(15,16)11-7-8(17)1-6-12(11)19-10-4-2-9(18)3-5-10;;/h1-7,18H,17H2;;1H2/q;+1;/p-1. The number of benzene rings is 2. The number of nitrogen functional groups attached to an aromatic ring is 1. The van der Waals surface area contributed by atoms with E-state index in [1.807, 2.05) is 0 Å². The number of ether oxygens (including phenoxy) is 1. The summed E-state index contributed by atoms with van der Waals surface area (Å²) in [6, 6.07) is 8.67. The molecule has 4 N–H and O–H groups in total. The number of anilines is 1. The Morgan fingerprint density at radius 1 is 1.00 bits per heavy atom.